The van der Waals surface area contributed by atoms with E-state index < -0.39 is 0 Å². The molecule has 16 aromatic carbocycles. The van der Waals surface area contributed by atoms with Gasteiger partial charge >= 0.3 is 0 Å². The Labute approximate surface area is 792 Å². The van der Waals surface area contributed by atoms with Crippen LogP contribution in [0.3, 0.4) is 0 Å². The van der Waals surface area contributed by atoms with Crippen LogP contribution in [0, 0.1) is 6.92 Å². The van der Waals surface area contributed by atoms with Gasteiger partial charge < -0.3 is 0 Å². The van der Waals surface area contributed by atoms with Gasteiger partial charge in [-0.1, -0.05) is 434 Å². The van der Waals surface area contributed by atoms with E-state index in [0.717, 1.165) is 132 Å². The van der Waals surface area contributed by atoms with Crippen molar-refractivity contribution in [1.82, 2.24) is 39.9 Å². The zero-order valence-corrected chi connectivity index (χ0v) is 76.6. The van der Waals surface area contributed by atoms with Crippen LogP contribution in [0.1, 0.15) is 57.2 Å². The van der Waals surface area contributed by atoms with Gasteiger partial charge in [0.2, 0.25) is 0 Å². The number of fused-ring (bicyclic) bond motifs is 12. The highest BCUT2D eigenvalue weighted by Crippen LogP contribution is 2.45. The van der Waals surface area contributed by atoms with Crippen LogP contribution in [-0.4, -0.2) is 39.9 Å². The summed E-state index contributed by atoms with van der Waals surface area (Å²) in [5.41, 5.74) is 38.5. The monoisotopic (exact) mass is 1740 g/mol. The number of aryl methyl sites for hydroxylation is 1. The Hall–Kier alpha value is -17.2. The number of hydrogen-bond acceptors (Lipinski definition) is 8. The smallest absolute Gasteiger partial charge is 0.0978 e. The number of benzene rings is 16. The average Bonchev–Trinajstić information content (AvgIpc) is 0.752. The van der Waals surface area contributed by atoms with Crippen molar-refractivity contribution in [2.75, 3.05) is 0 Å². The maximum atomic E-state index is 5.22. The third kappa shape index (κ3) is 17.5. The molecule has 0 aliphatic carbocycles. The Balaban J connectivity index is 0.000000109. The predicted octanol–water partition coefficient (Wildman–Crippen LogP) is 33.9. The average molecular weight is 1750 g/mol. The van der Waals surface area contributed by atoms with Crippen LogP contribution in [0.2, 0.25) is 0 Å². The summed E-state index contributed by atoms with van der Waals surface area (Å²) >= 11 is 0. The molecule has 8 aromatic heterocycles. The summed E-state index contributed by atoms with van der Waals surface area (Å²) in [6.45, 7) is 13.3. The fraction of sp³-hybridized carbons (Fsp3) is 0.0625. The number of pyridine rings is 8. The van der Waals surface area contributed by atoms with E-state index in [1.54, 1.807) is 0 Å². The van der Waals surface area contributed by atoms with Gasteiger partial charge in [0.15, 0.2) is 0 Å². The highest BCUT2D eigenvalue weighted by atomic mass is 14.8. The highest BCUT2D eigenvalue weighted by Gasteiger charge is 2.23. The molecule has 0 saturated heterocycles. The molecule has 0 saturated carbocycles. The second kappa shape index (κ2) is 37.9. The lowest BCUT2D eigenvalue weighted by Crippen LogP contribution is -2.10. The number of aromatic nitrogens is 8. The minimum atomic E-state index is 0.110. The number of hydrogen-bond donors (Lipinski definition) is 0. The molecule has 0 spiro atoms. The van der Waals surface area contributed by atoms with Gasteiger partial charge in [-0.25, -0.2) is 19.9 Å². The Kier molecular flexibility index (Phi) is 23.9. The van der Waals surface area contributed by atoms with Crippen LogP contribution in [-0.2, 0) is 5.41 Å². The van der Waals surface area contributed by atoms with E-state index >= 15 is 0 Å². The van der Waals surface area contributed by atoms with Crippen molar-refractivity contribution in [3.63, 3.8) is 0 Å². The Morgan fingerprint density at radius 3 is 0.596 bits per heavy atom. The van der Waals surface area contributed by atoms with Crippen molar-refractivity contribution in [2.45, 2.75) is 52.9 Å². The topological polar surface area (TPSA) is 103 Å². The van der Waals surface area contributed by atoms with Gasteiger partial charge in [-0.15, -0.1) is 0 Å². The van der Waals surface area contributed by atoms with Gasteiger partial charge in [0.05, 0.1) is 66.9 Å². The normalized spacial score (nSPS) is 11.4. The summed E-state index contributed by atoms with van der Waals surface area (Å²) in [4.78, 5) is 40.0. The molecule has 136 heavy (non-hydrogen) atoms. The van der Waals surface area contributed by atoms with Gasteiger partial charge in [0.1, 0.15) is 0 Å². The zero-order chi connectivity index (χ0) is 92.0. The van der Waals surface area contributed by atoms with Crippen molar-refractivity contribution < 1.29 is 0 Å². The number of rotatable bonds is 13. The summed E-state index contributed by atoms with van der Waals surface area (Å²) in [5, 5.41) is 8.91. The molecule has 0 atom stereocenters. The molecule has 0 amide bonds. The third-order valence-corrected chi connectivity index (χ3v) is 25.8. The Morgan fingerprint density at radius 1 is 0.184 bits per heavy atom. The van der Waals surface area contributed by atoms with Gasteiger partial charge in [0.25, 0.3) is 0 Å². The highest BCUT2D eigenvalue weighted by molar-refractivity contribution is 6.17. The summed E-state index contributed by atoms with van der Waals surface area (Å²) < 4.78 is 0. The first-order chi connectivity index (χ1) is 66.8. The lowest BCUT2D eigenvalue weighted by Gasteiger charge is -2.19. The third-order valence-electron chi connectivity index (χ3n) is 25.8. The predicted molar refractivity (Wildman–Crippen MR) is 571 cm³/mol. The lowest BCUT2D eigenvalue weighted by molar-refractivity contribution is 0.590. The SMILES string of the molecule is CC(C)(C)c1ccc(-c2cc(-c3ccccc3)c3ccc4c(-c5ccccc5)ccnc4c3n2)cc1.CC(C)c1ccc(-c2cc(-c3ccccc3)c3ccc4c(-c5ccccc5)ccnc4c3n2)cc1.Cc1ccc(-c2cc(-c3ccccc3)c3ccc4c(-c5ccccc5)ccnc4c3n2)cc1.c1ccc(-c2cc(-c3ccccc3)c3ccc4c(-c5ccccc5)ccnc4c3n2)cc1. The maximum absolute atomic E-state index is 5.22. The van der Waals surface area contributed by atoms with E-state index in [4.69, 9.17) is 39.9 Å². The molecule has 0 aliphatic rings. The first kappa shape index (κ1) is 85.6. The Bertz CT molecular complexity index is 8440. The van der Waals surface area contributed by atoms with Gasteiger partial charge in [-0.3, -0.25) is 19.9 Å². The first-order valence-corrected chi connectivity index (χ1v) is 46.5. The molecule has 0 aliphatic heterocycles. The van der Waals surface area contributed by atoms with Crippen molar-refractivity contribution in [1.29, 1.82) is 0 Å². The molecule has 8 heterocycles. The Morgan fingerprint density at radius 2 is 0.375 bits per heavy atom. The largest absolute Gasteiger partial charge is 0.254 e. The molecule has 8 heteroatoms. The van der Waals surface area contributed by atoms with E-state index in [9.17, 15) is 0 Å². The minimum Gasteiger partial charge on any atom is -0.254 e. The molecule has 0 N–H and O–H groups in total. The van der Waals surface area contributed by atoms with Crippen LogP contribution in [0.4, 0.5) is 0 Å². The minimum absolute atomic E-state index is 0.110. The van der Waals surface area contributed by atoms with Crippen LogP contribution in [0.5, 0.6) is 0 Å². The van der Waals surface area contributed by atoms with Gasteiger partial charge in [-0.2, -0.15) is 0 Å². The van der Waals surface area contributed by atoms with E-state index in [-0.39, 0.29) is 5.41 Å². The van der Waals surface area contributed by atoms with Crippen molar-refractivity contribution in [3.8, 4) is 134 Å². The molecule has 0 fully saturated rings. The second-order valence-electron chi connectivity index (χ2n) is 35.9. The standard InChI is InChI=1S/C34H28N2.C33H26N2.C31H22N2.C30H20N2/c1-34(2,3)26-16-14-25(15-17-26)31-22-30(24-12-8-5-9-13-24)29-19-18-28-27(23-10-6-4-7-11-23)20-21-35-32(28)33(29)36-31;1-22(2)23-13-15-26(16-14-23)31-21-30(25-11-7-4-8-12-25)29-18-17-28-27(24-9-5-3-6-10-24)19-20-34-32(28)33(29)35-31;1-21-12-14-24(15-13-21)29-20-28(23-10-6-3-7-11-23)27-17-16-26-25(22-8-4-2-5-9-22)18-19-32-30(26)31(27)33-29;1-4-10-21(11-5-1)24-18-19-31-29-25(24)16-17-26-27(22-12-6-2-7-13-22)20-28(32-30(26)29)23-14-8-3-9-15-23/h4-22H,1-3H3;3-22H,1-2H3;2-20H,1H3;1-20H. The van der Waals surface area contributed by atoms with Crippen LogP contribution in [0.15, 0.2) is 468 Å². The number of nitrogens with zero attached hydrogens (tertiary/aromatic N) is 8. The quantitative estimate of drug-likeness (QED) is 0.105. The zero-order valence-electron chi connectivity index (χ0n) is 76.6. The summed E-state index contributed by atoms with van der Waals surface area (Å²) in [6.07, 6.45) is 7.59. The van der Waals surface area contributed by atoms with E-state index in [1.807, 2.05) is 61.2 Å². The van der Waals surface area contributed by atoms with E-state index in [2.05, 4.69) is 448 Å². The van der Waals surface area contributed by atoms with Crippen molar-refractivity contribution in [2.24, 2.45) is 0 Å². The van der Waals surface area contributed by atoms with E-state index in [0.29, 0.717) is 5.92 Å². The fourth-order valence-electron chi connectivity index (χ4n) is 18.6. The molecular formula is C128H96N8. The van der Waals surface area contributed by atoms with Crippen LogP contribution < -0.4 is 0 Å². The summed E-state index contributed by atoms with van der Waals surface area (Å²) in [6, 6.07) is 155. The second-order valence-corrected chi connectivity index (χ2v) is 35.9. The molecule has 24 rings (SSSR count). The molecular weight excluding hydrogens is 1650 g/mol. The molecule has 0 bridgehead atoms. The molecule has 648 valence electrons. The molecule has 0 unspecified atom stereocenters. The van der Waals surface area contributed by atoms with Crippen LogP contribution in [0.25, 0.3) is 221 Å². The summed E-state index contributed by atoms with van der Waals surface area (Å²) in [7, 11) is 0. The van der Waals surface area contributed by atoms with E-state index in [1.165, 1.54) is 106 Å². The van der Waals surface area contributed by atoms with Crippen molar-refractivity contribution >= 4 is 87.2 Å². The molecule has 0 radical (unpaired) electrons. The van der Waals surface area contributed by atoms with Gasteiger partial charge in [0, 0.05) is 90.1 Å². The van der Waals surface area contributed by atoms with Crippen molar-refractivity contribution in [3.05, 3.63) is 484 Å². The molecule has 8 nitrogen and oxygen atoms in total. The molecule has 24 aromatic rings. The lowest BCUT2D eigenvalue weighted by atomic mass is 9.86. The maximum Gasteiger partial charge on any atom is 0.0978 e. The first-order valence-electron chi connectivity index (χ1n) is 46.5. The summed E-state index contributed by atoms with van der Waals surface area (Å²) in [5.74, 6) is 0.498. The van der Waals surface area contributed by atoms with Crippen LogP contribution >= 0.6 is 0 Å². The van der Waals surface area contributed by atoms with Gasteiger partial charge in [-0.05, 0) is 167 Å². The fourth-order valence-corrected chi connectivity index (χ4v) is 18.6.